The Hall–Kier alpha value is -2.27. The van der Waals surface area contributed by atoms with Crippen LogP contribution in [-0.4, -0.2) is 44.1 Å². The summed E-state index contributed by atoms with van der Waals surface area (Å²) in [4.78, 5) is 18.9. The number of amides is 1. The molecule has 0 aliphatic carbocycles. The van der Waals surface area contributed by atoms with E-state index in [1.54, 1.807) is 24.5 Å². The van der Waals surface area contributed by atoms with Crippen molar-refractivity contribution in [2.45, 2.75) is 6.92 Å². The predicted octanol–water partition coefficient (Wildman–Crippen LogP) is 3.43. The molecule has 0 saturated carbocycles. The van der Waals surface area contributed by atoms with Gasteiger partial charge in [0.2, 0.25) is 5.91 Å². The van der Waals surface area contributed by atoms with E-state index in [9.17, 15) is 4.79 Å². The number of piperazine rings is 1. The van der Waals surface area contributed by atoms with E-state index in [4.69, 9.17) is 4.74 Å². The number of carbonyl (C=O) groups is 1. The summed E-state index contributed by atoms with van der Waals surface area (Å²) >= 11 is 1.70. The molecule has 2 aromatic rings. The van der Waals surface area contributed by atoms with Crippen LogP contribution in [0.25, 0.3) is 6.08 Å². The van der Waals surface area contributed by atoms with Crippen LogP contribution in [0.4, 0.5) is 5.69 Å². The fourth-order valence-electron chi connectivity index (χ4n) is 2.78. The van der Waals surface area contributed by atoms with E-state index in [0.717, 1.165) is 36.8 Å². The van der Waals surface area contributed by atoms with Gasteiger partial charge < -0.3 is 14.5 Å². The highest BCUT2D eigenvalue weighted by atomic mass is 32.1. The van der Waals surface area contributed by atoms with Gasteiger partial charge in [-0.15, -0.1) is 11.3 Å². The standard InChI is InChI=1S/C19H22N2O2S/c1-15-3-8-18(24-15)9-10-19(22)21-13-11-20(12-14-21)16-4-6-17(23-2)7-5-16/h3-10H,11-14H2,1-2H3/b10-9+. The van der Waals surface area contributed by atoms with Gasteiger partial charge in [0, 0.05) is 47.7 Å². The van der Waals surface area contributed by atoms with Gasteiger partial charge in [0.25, 0.3) is 0 Å². The summed E-state index contributed by atoms with van der Waals surface area (Å²) in [5.41, 5.74) is 1.17. The Morgan fingerprint density at radius 1 is 1.08 bits per heavy atom. The fourth-order valence-corrected chi connectivity index (χ4v) is 3.56. The van der Waals surface area contributed by atoms with Gasteiger partial charge >= 0.3 is 0 Å². The molecule has 0 radical (unpaired) electrons. The largest absolute Gasteiger partial charge is 0.497 e. The van der Waals surface area contributed by atoms with Crippen LogP contribution in [0.5, 0.6) is 5.75 Å². The van der Waals surface area contributed by atoms with E-state index >= 15 is 0 Å². The lowest BCUT2D eigenvalue weighted by Crippen LogP contribution is -2.48. The molecule has 0 spiro atoms. The molecule has 0 N–H and O–H groups in total. The van der Waals surface area contributed by atoms with Gasteiger partial charge in [-0.1, -0.05) is 0 Å². The number of anilines is 1. The number of ether oxygens (including phenoxy) is 1. The normalized spacial score (nSPS) is 15.1. The van der Waals surface area contributed by atoms with Crippen molar-refractivity contribution in [3.05, 3.63) is 52.2 Å². The molecule has 5 heteroatoms. The first-order chi connectivity index (χ1) is 11.7. The Kier molecular flexibility index (Phi) is 5.20. The van der Waals surface area contributed by atoms with Crippen molar-refractivity contribution in [3.63, 3.8) is 0 Å². The first-order valence-corrected chi connectivity index (χ1v) is 8.90. The van der Waals surface area contributed by atoms with Crippen LogP contribution >= 0.6 is 11.3 Å². The number of thiophene rings is 1. The number of hydrogen-bond acceptors (Lipinski definition) is 4. The summed E-state index contributed by atoms with van der Waals surface area (Å²) in [5.74, 6) is 0.956. The van der Waals surface area contributed by atoms with Crippen molar-refractivity contribution in [2.75, 3.05) is 38.2 Å². The molecule has 1 aromatic heterocycles. The molecule has 4 nitrogen and oxygen atoms in total. The highest BCUT2D eigenvalue weighted by Crippen LogP contribution is 2.21. The molecule has 1 amide bonds. The molecule has 3 rings (SSSR count). The van der Waals surface area contributed by atoms with E-state index < -0.39 is 0 Å². The third-order valence-electron chi connectivity index (χ3n) is 4.18. The lowest BCUT2D eigenvalue weighted by atomic mass is 10.2. The van der Waals surface area contributed by atoms with E-state index in [1.807, 2.05) is 29.2 Å². The maximum absolute atomic E-state index is 12.3. The number of methoxy groups -OCH3 is 1. The third-order valence-corrected chi connectivity index (χ3v) is 5.15. The molecule has 0 bridgehead atoms. The van der Waals surface area contributed by atoms with Gasteiger partial charge in [0.15, 0.2) is 0 Å². The third kappa shape index (κ3) is 3.97. The lowest BCUT2D eigenvalue weighted by molar-refractivity contribution is -0.126. The minimum Gasteiger partial charge on any atom is -0.497 e. The highest BCUT2D eigenvalue weighted by molar-refractivity contribution is 7.12. The average molecular weight is 342 g/mol. The summed E-state index contributed by atoms with van der Waals surface area (Å²) in [6.45, 7) is 5.27. The fraction of sp³-hybridized carbons (Fsp3) is 0.316. The number of nitrogens with zero attached hydrogens (tertiary/aromatic N) is 2. The first-order valence-electron chi connectivity index (χ1n) is 8.08. The Morgan fingerprint density at radius 2 is 1.79 bits per heavy atom. The topological polar surface area (TPSA) is 32.8 Å². The molecular formula is C19H22N2O2S. The smallest absolute Gasteiger partial charge is 0.246 e. The summed E-state index contributed by atoms with van der Waals surface area (Å²) < 4.78 is 5.19. The van der Waals surface area contributed by atoms with Crippen LogP contribution in [0, 0.1) is 6.92 Å². The predicted molar refractivity (Wildman–Crippen MR) is 99.9 cm³/mol. The van der Waals surface area contributed by atoms with Crippen LogP contribution in [0.2, 0.25) is 0 Å². The molecule has 126 valence electrons. The van der Waals surface area contributed by atoms with Crippen molar-refractivity contribution in [1.82, 2.24) is 4.90 Å². The van der Waals surface area contributed by atoms with E-state index in [0.29, 0.717) is 0 Å². The van der Waals surface area contributed by atoms with Crippen LogP contribution in [0.3, 0.4) is 0 Å². The minimum absolute atomic E-state index is 0.0930. The minimum atomic E-state index is 0.0930. The Bertz CT molecular complexity index is 713. The maximum Gasteiger partial charge on any atom is 0.246 e. The van der Waals surface area contributed by atoms with Crippen LogP contribution in [-0.2, 0) is 4.79 Å². The van der Waals surface area contributed by atoms with E-state index in [2.05, 4.69) is 30.0 Å². The molecule has 0 unspecified atom stereocenters. The maximum atomic E-state index is 12.3. The van der Waals surface area contributed by atoms with Gasteiger partial charge in [-0.3, -0.25) is 4.79 Å². The molecular weight excluding hydrogens is 320 g/mol. The summed E-state index contributed by atoms with van der Waals surface area (Å²) in [5, 5.41) is 0. The van der Waals surface area contributed by atoms with Crippen molar-refractivity contribution >= 4 is 29.0 Å². The van der Waals surface area contributed by atoms with Gasteiger partial charge in [-0.25, -0.2) is 0 Å². The van der Waals surface area contributed by atoms with Crippen molar-refractivity contribution in [2.24, 2.45) is 0 Å². The van der Waals surface area contributed by atoms with E-state index in [-0.39, 0.29) is 5.91 Å². The van der Waals surface area contributed by atoms with Gasteiger partial charge in [0.1, 0.15) is 5.75 Å². The zero-order valence-corrected chi connectivity index (χ0v) is 14.9. The number of benzene rings is 1. The number of aryl methyl sites for hydroxylation is 1. The molecule has 1 aliphatic heterocycles. The zero-order valence-electron chi connectivity index (χ0n) is 14.1. The molecule has 1 aromatic carbocycles. The number of carbonyl (C=O) groups excluding carboxylic acids is 1. The Morgan fingerprint density at radius 3 is 2.38 bits per heavy atom. The summed E-state index contributed by atoms with van der Waals surface area (Å²) in [6.07, 6.45) is 3.60. The molecule has 24 heavy (non-hydrogen) atoms. The number of hydrogen-bond donors (Lipinski definition) is 0. The molecule has 2 heterocycles. The van der Waals surface area contributed by atoms with Gasteiger partial charge in [0.05, 0.1) is 7.11 Å². The van der Waals surface area contributed by atoms with E-state index in [1.165, 1.54) is 10.6 Å². The second-order valence-electron chi connectivity index (χ2n) is 5.79. The van der Waals surface area contributed by atoms with Crippen LogP contribution < -0.4 is 9.64 Å². The second kappa shape index (κ2) is 7.53. The van der Waals surface area contributed by atoms with Gasteiger partial charge in [-0.05, 0) is 49.4 Å². The summed E-state index contributed by atoms with van der Waals surface area (Å²) in [6, 6.07) is 12.2. The van der Waals surface area contributed by atoms with Crippen molar-refractivity contribution < 1.29 is 9.53 Å². The Labute approximate surface area is 147 Å². The number of rotatable bonds is 4. The lowest BCUT2D eigenvalue weighted by Gasteiger charge is -2.35. The molecule has 1 saturated heterocycles. The molecule has 1 aliphatic rings. The second-order valence-corrected chi connectivity index (χ2v) is 7.11. The molecule has 1 fully saturated rings. The van der Waals surface area contributed by atoms with Crippen molar-refractivity contribution in [1.29, 1.82) is 0 Å². The zero-order chi connectivity index (χ0) is 16.9. The first kappa shape index (κ1) is 16.6. The van der Waals surface area contributed by atoms with Crippen LogP contribution in [0.15, 0.2) is 42.5 Å². The Balaban J connectivity index is 1.54. The quantitative estimate of drug-likeness (QED) is 0.798. The summed E-state index contributed by atoms with van der Waals surface area (Å²) in [7, 11) is 1.67. The van der Waals surface area contributed by atoms with Crippen molar-refractivity contribution in [3.8, 4) is 5.75 Å². The average Bonchev–Trinajstić information content (AvgIpc) is 3.05. The van der Waals surface area contributed by atoms with Gasteiger partial charge in [-0.2, -0.15) is 0 Å². The van der Waals surface area contributed by atoms with Crippen LogP contribution in [0.1, 0.15) is 9.75 Å². The SMILES string of the molecule is COc1ccc(N2CCN(C(=O)/C=C/c3ccc(C)s3)CC2)cc1. The highest BCUT2D eigenvalue weighted by Gasteiger charge is 2.19. The molecule has 0 atom stereocenters. The monoisotopic (exact) mass is 342 g/mol.